The summed E-state index contributed by atoms with van der Waals surface area (Å²) in [5, 5.41) is 0. The third-order valence-corrected chi connectivity index (χ3v) is 3.94. The van der Waals surface area contributed by atoms with E-state index < -0.39 is 6.10 Å². The highest BCUT2D eigenvalue weighted by Crippen LogP contribution is 2.19. The summed E-state index contributed by atoms with van der Waals surface area (Å²) in [5.74, 6) is 1.47. The first kappa shape index (κ1) is 19.4. The van der Waals surface area contributed by atoms with Crippen molar-refractivity contribution < 1.29 is 14.3 Å². The first-order valence-corrected chi connectivity index (χ1v) is 8.68. The molecular formula is C20H20Cl2O3. The Bertz CT molecular complexity index is 718. The van der Waals surface area contributed by atoms with Gasteiger partial charge in [0.1, 0.15) is 22.6 Å². The van der Waals surface area contributed by atoms with E-state index in [0.717, 1.165) is 17.7 Å². The van der Waals surface area contributed by atoms with Crippen LogP contribution in [-0.2, 0) is 11.2 Å². The first-order valence-electron chi connectivity index (χ1n) is 7.93. The molecule has 3 nitrogen and oxygen atoms in total. The Hall–Kier alpha value is -1.97. The fourth-order valence-electron chi connectivity index (χ4n) is 2.11. The number of halogens is 2. The number of Topliss-reactive ketones (excluding diaryl/α,β-unsaturated/α-hetero) is 1. The summed E-state index contributed by atoms with van der Waals surface area (Å²) in [6.07, 6.45) is 1.96. The van der Waals surface area contributed by atoms with Gasteiger partial charge in [-0.05, 0) is 61.7 Å². The van der Waals surface area contributed by atoms with Crippen LogP contribution in [0.25, 0.3) is 0 Å². The zero-order valence-corrected chi connectivity index (χ0v) is 15.7. The first-order chi connectivity index (χ1) is 11.9. The Morgan fingerprint density at radius 1 is 1.00 bits per heavy atom. The van der Waals surface area contributed by atoms with Gasteiger partial charge in [-0.1, -0.05) is 47.5 Å². The van der Waals surface area contributed by atoms with Crippen LogP contribution in [0.5, 0.6) is 11.5 Å². The highest BCUT2D eigenvalue weighted by molar-refractivity contribution is 6.55. The van der Waals surface area contributed by atoms with Gasteiger partial charge in [-0.25, -0.2) is 0 Å². The minimum Gasteiger partial charge on any atom is -0.489 e. The number of benzene rings is 2. The van der Waals surface area contributed by atoms with Gasteiger partial charge in [-0.15, -0.1) is 0 Å². The molecule has 0 amide bonds. The maximum absolute atomic E-state index is 11.2. The molecule has 25 heavy (non-hydrogen) atoms. The third kappa shape index (κ3) is 6.81. The van der Waals surface area contributed by atoms with Gasteiger partial charge in [0.05, 0.1) is 0 Å². The van der Waals surface area contributed by atoms with Crippen LogP contribution < -0.4 is 9.47 Å². The standard InChI is InChI=1S/C20H20Cl2O3/c1-14(23)15(2)25-19-9-5-17(6-10-19)13-16-3-7-18(8-4-16)24-12-11-20(21)22/h3-11,15H,12-13H2,1-2H3. The lowest BCUT2D eigenvalue weighted by Crippen LogP contribution is -2.20. The van der Waals surface area contributed by atoms with Crippen LogP contribution >= 0.6 is 23.2 Å². The van der Waals surface area contributed by atoms with Crippen molar-refractivity contribution in [3.05, 3.63) is 70.2 Å². The molecule has 0 heterocycles. The van der Waals surface area contributed by atoms with Crippen molar-refractivity contribution in [1.29, 1.82) is 0 Å². The second-order valence-electron chi connectivity index (χ2n) is 5.64. The Kier molecular flexibility index (Phi) is 7.35. The second-order valence-corrected chi connectivity index (χ2v) is 6.65. The van der Waals surface area contributed by atoms with E-state index >= 15 is 0 Å². The number of rotatable bonds is 8. The zero-order chi connectivity index (χ0) is 18.2. The molecule has 2 aromatic rings. The molecule has 5 heteroatoms. The minimum atomic E-state index is -0.429. The molecule has 0 aliphatic heterocycles. The molecule has 0 aliphatic carbocycles. The Morgan fingerprint density at radius 3 is 2.00 bits per heavy atom. The van der Waals surface area contributed by atoms with Crippen LogP contribution in [0.15, 0.2) is 59.1 Å². The molecule has 0 bridgehead atoms. The number of carbonyl (C=O) groups is 1. The van der Waals surface area contributed by atoms with Gasteiger partial charge >= 0.3 is 0 Å². The molecule has 0 radical (unpaired) electrons. The average Bonchev–Trinajstić information content (AvgIpc) is 2.58. The lowest BCUT2D eigenvalue weighted by Gasteiger charge is -2.12. The lowest BCUT2D eigenvalue weighted by atomic mass is 10.0. The largest absolute Gasteiger partial charge is 0.489 e. The molecule has 0 aromatic heterocycles. The number of hydrogen-bond acceptors (Lipinski definition) is 3. The zero-order valence-electron chi connectivity index (χ0n) is 14.2. The van der Waals surface area contributed by atoms with Crippen LogP contribution in [0.4, 0.5) is 0 Å². The average molecular weight is 379 g/mol. The van der Waals surface area contributed by atoms with E-state index in [0.29, 0.717) is 12.4 Å². The summed E-state index contributed by atoms with van der Waals surface area (Å²) in [6, 6.07) is 15.6. The fourth-order valence-corrected chi connectivity index (χ4v) is 2.24. The molecule has 0 aliphatic rings. The molecule has 132 valence electrons. The molecule has 0 spiro atoms. The van der Waals surface area contributed by atoms with Crippen molar-refractivity contribution >= 4 is 29.0 Å². The Morgan fingerprint density at radius 2 is 1.52 bits per heavy atom. The minimum absolute atomic E-state index is 0.00944. The Labute approximate surface area is 158 Å². The maximum atomic E-state index is 11.2. The molecular weight excluding hydrogens is 359 g/mol. The predicted molar refractivity (Wildman–Crippen MR) is 102 cm³/mol. The molecule has 0 saturated heterocycles. The monoisotopic (exact) mass is 378 g/mol. The van der Waals surface area contributed by atoms with Gasteiger partial charge in [0.15, 0.2) is 11.9 Å². The highest BCUT2D eigenvalue weighted by atomic mass is 35.5. The number of ether oxygens (including phenoxy) is 2. The summed E-state index contributed by atoms with van der Waals surface area (Å²) in [4.78, 5) is 11.2. The molecule has 0 saturated carbocycles. The fraction of sp³-hybridized carbons (Fsp3) is 0.250. The molecule has 0 N–H and O–H groups in total. The smallest absolute Gasteiger partial charge is 0.169 e. The maximum Gasteiger partial charge on any atom is 0.169 e. The normalized spacial score (nSPS) is 11.5. The molecule has 1 unspecified atom stereocenters. The summed E-state index contributed by atoms with van der Waals surface area (Å²) in [7, 11) is 0. The molecule has 2 rings (SSSR count). The van der Waals surface area contributed by atoms with Gasteiger partial charge in [-0.2, -0.15) is 0 Å². The topological polar surface area (TPSA) is 35.5 Å². The van der Waals surface area contributed by atoms with Crippen LogP contribution in [0.2, 0.25) is 0 Å². The van der Waals surface area contributed by atoms with Gasteiger partial charge in [0, 0.05) is 0 Å². The summed E-state index contributed by atoms with van der Waals surface area (Å²) < 4.78 is 11.3. The van der Waals surface area contributed by atoms with E-state index in [9.17, 15) is 4.79 Å². The van der Waals surface area contributed by atoms with Crippen molar-refractivity contribution in [2.75, 3.05) is 6.61 Å². The Balaban J connectivity index is 1.91. The van der Waals surface area contributed by atoms with E-state index in [1.807, 2.05) is 48.5 Å². The van der Waals surface area contributed by atoms with Gasteiger partial charge in [0.25, 0.3) is 0 Å². The van der Waals surface area contributed by atoms with Crippen molar-refractivity contribution in [1.82, 2.24) is 0 Å². The summed E-state index contributed by atoms with van der Waals surface area (Å²) in [5.41, 5.74) is 2.33. The van der Waals surface area contributed by atoms with Gasteiger partial charge < -0.3 is 9.47 Å². The lowest BCUT2D eigenvalue weighted by molar-refractivity contribution is -0.122. The predicted octanol–water partition coefficient (Wildman–Crippen LogP) is 5.33. The van der Waals surface area contributed by atoms with Crippen LogP contribution in [0, 0.1) is 0 Å². The van der Waals surface area contributed by atoms with E-state index in [-0.39, 0.29) is 10.3 Å². The van der Waals surface area contributed by atoms with E-state index in [1.54, 1.807) is 13.0 Å². The highest BCUT2D eigenvalue weighted by Gasteiger charge is 2.08. The second kappa shape index (κ2) is 9.50. The van der Waals surface area contributed by atoms with Crippen molar-refractivity contribution in [3.8, 4) is 11.5 Å². The van der Waals surface area contributed by atoms with E-state index in [4.69, 9.17) is 32.7 Å². The SMILES string of the molecule is CC(=O)C(C)Oc1ccc(Cc2ccc(OCC=C(Cl)Cl)cc2)cc1. The number of hydrogen-bond donors (Lipinski definition) is 0. The van der Waals surface area contributed by atoms with Crippen molar-refractivity contribution in [2.45, 2.75) is 26.4 Å². The summed E-state index contributed by atoms with van der Waals surface area (Å²) in [6.45, 7) is 3.60. The van der Waals surface area contributed by atoms with Crippen molar-refractivity contribution in [3.63, 3.8) is 0 Å². The summed E-state index contributed by atoms with van der Waals surface area (Å²) >= 11 is 11.1. The van der Waals surface area contributed by atoms with Crippen LogP contribution in [-0.4, -0.2) is 18.5 Å². The van der Waals surface area contributed by atoms with Crippen molar-refractivity contribution in [2.24, 2.45) is 0 Å². The third-order valence-electron chi connectivity index (χ3n) is 3.63. The van der Waals surface area contributed by atoms with E-state index in [2.05, 4.69) is 0 Å². The quantitative estimate of drug-likeness (QED) is 0.622. The molecule has 1 atom stereocenters. The van der Waals surface area contributed by atoms with Crippen LogP contribution in [0.1, 0.15) is 25.0 Å². The van der Waals surface area contributed by atoms with Gasteiger partial charge in [-0.3, -0.25) is 4.79 Å². The van der Waals surface area contributed by atoms with Gasteiger partial charge in [0.2, 0.25) is 0 Å². The molecule has 0 fully saturated rings. The number of carbonyl (C=O) groups excluding carboxylic acids is 1. The number of ketones is 1. The van der Waals surface area contributed by atoms with Crippen LogP contribution in [0.3, 0.4) is 0 Å². The molecule has 2 aromatic carbocycles. The van der Waals surface area contributed by atoms with E-state index in [1.165, 1.54) is 12.5 Å².